The van der Waals surface area contributed by atoms with E-state index in [1.165, 1.54) is 0 Å². The number of aryl methyl sites for hydroxylation is 2. The molecule has 0 fully saturated rings. The largest absolute Gasteiger partial charge is 0.493 e. The van der Waals surface area contributed by atoms with Gasteiger partial charge in [-0.15, -0.1) is 0 Å². The molecule has 0 amide bonds. The molecule has 0 spiro atoms. The van der Waals surface area contributed by atoms with E-state index in [0.29, 0.717) is 23.7 Å². The summed E-state index contributed by atoms with van der Waals surface area (Å²) < 4.78 is 20.8. The minimum atomic E-state index is -0.303. The van der Waals surface area contributed by atoms with Crippen LogP contribution in [-0.4, -0.2) is 35.9 Å². The van der Waals surface area contributed by atoms with Gasteiger partial charge < -0.3 is 23.3 Å². The molecular formula is C23H26N2O4. The topological polar surface area (TPSA) is 54.6 Å². The third-order valence-corrected chi connectivity index (χ3v) is 5.67. The number of carbonyl (C=O) groups is 1. The average molecular weight is 394 g/mol. The molecule has 0 radical (unpaired) electrons. The van der Waals surface area contributed by atoms with Crippen LogP contribution in [0.2, 0.25) is 0 Å². The van der Waals surface area contributed by atoms with E-state index < -0.39 is 0 Å². The van der Waals surface area contributed by atoms with Gasteiger partial charge in [-0.25, -0.2) is 4.79 Å². The minimum absolute atomic E-state index is 0.303. The van der Waals surface area contributed by atoms with Crippen LogP contribution in [0.3, 0.4) is 0 Å². The first kappa shape index (κ1) is 19.2. The Morgan fingerprint density at radius 2 is 1.90 bits per heavy atom. The number of aromatic nitrogens is 2. The third-order valence-electron chi connectivity index (χ3n) is 5.67. The van der Waals surface area contributed by atoms with Crippen LogP contribution in [0, 0.1) is 6.92 Å². The third kappa shape index (κ3) is 2.90. The number of ether oxygens (including phenoxy) is 3. The monoisotopic (exact) mass is 394 g/mol. The first-order chi connectivity index (χ1) is 14.0. The molecule has 1 aromatic carbocycles. The number of carbonyl (C=O) groups excluding carboxylic acids is 1. The second kappa shape index (κ2) is 7.35. The van der Waals surface area contributed by atoms with Crippen LogP contribution in [0.1, 0.15) is 28.5 Å². The van der Waals surface area contributed by atoms with Gasteiger partial charge in [-0.1, -0.05) is 0 Å². The zero-order valence-electron chi connectivity index (χ0n) is 17.5. The van der Waals surface area contributed by atoms with Crippen molar-refractivity contribution in [3.8, 4) is 34.0 Å². The van der Waals surface area contributed by atoms with Crippen LogP contribution < -0.4 is 9.47 Å². The van der Waals surface area contributed by atoms with Crippen molar-refractivity contribution < 1.29 is 19.0 Å². The molecule has 3 aromatic rings. The fraction of sp³-hybridized carbons (Fsp3) is 0.348. The molecule has 0 unspecified atom stereocenters. The number of esters is 1. The molecule has 152 valence electrons. The van der Waals surface area contributed by atoms with Crippen molar-refractivity contribution in [3.63, 3.8) is 0 Å². The van der Waals surface area contributed by atoms with Crippen molar-refractivity contribution in [1.82, 2.24) is 9.13 Å². The number of hydrogen-bond donors (Lipinski definition) is 0. The first-order valence-corrected chi connectivity index (χ1v) is 9.78. The number of nitrogens with zero attached hydrogens (tertiary/aromatic N) is 2. The molecule has 29 heavy (non-hydrogen) atoms. The molecular weight excluding hydrogens is 368 g/mol. The lowest BCUT2D eigenvalue weighted by Crippen LogP contribution is -2.15. The maximum absolute atomic E-state index is 13.1. The Morgan fingerprint density at radius 1 is 1.17 bits per heavy atom. The summed E-state index contributed by atoms with van der Waals surface area (Å²) in [5, 5.41) is 0. The van der Waals surface area contributed by atoms with Crippen LogP contribution in [0.5, 0.6) is 11.5 Å². The molecule has 0 atom stereocenters. The van der Waals surface area contributed by atoms with Crippen LogP contribution in [0.4, 0.5) is 0 Å². The summed E-state index contributed by atoms with van der Waals surface area (Å²) in [5.74, 6) is 1.04. The van der Waals surface area contributed by atoms with E-state index in [0.717, 1.165) is 46.7 Å². The average Bonchev–Trinajstić information content (AvgIpc) is 3.27. The Morgan fingerprint density at radius 3 is 2.52 bits per heavy atom. The van der Waals surface area contributed by atoms with E-state index in [-0.39, 0.29) is 5.97 Å². The highest BCUT2D eigenvalue weighted by molar-refractivity contribution is 6.05. The highest BCUT2D eigenvalue weighted by atomic mass is 16.5. The van der Waals surface area contributed by atoms with Gasteiger partial charge >= 0.3 is 5.97 Å². The summed E-state index contributed by atoms with van der Waals surface area (Å²) in [6.07, 6.45) is 2.84. The van der Waals surface area contributed by atoms with Crippen molar-refractivity contribution >= 4 is 5.97 Å². The molecule has 6 nitrogen and oxygen atoms in total. The molecule has 2 aromatic heterocycles. The number of fused-ring (bicyclic) bond motifs is 3. The molecule has 1 aliphatic heterocycles. The summed E-state index contributed by atoms with van der Waals surface area (Å²) in [7, 11) is 5.25. The molecule has 0 saturated heterocycles. The lowest BCUT2D eigenvalue weighted by atomic mass is 9.94. The van der Waals surface area contributed by atoms with Crippen molar-refractivity contribution in [2.45, 2.75) is 26.8 Å². The predicted octanol–water partition coefficient (Wildman–Crippen LogP) is 4.22. The molecule has 4 rings (SSSR count). The molecule has 0 bridgehead atoms. The van der Waals surface area contributed by atoms with Gasteiger partial charge in [0.1, 0.15) is 0 Å². The molecule has 6 heteroatoms. The molecule has 0 aliphatic carbocycles. The SMILES string of the molecule is CCOC(=O)c1c(-c2cccn2C)c(C)n2c1-c1cc(OC)c(OC)cc1CC2. The molecule has 3 heterocycles. The number of methoxy groups -OCH3 is 2. The van der Waals surface area contributed by atoms with Crippen LogP contribution in [0.25, 0.3) is 22.5 Å². The standard InChI is InChI=1S/C23H26N2O4/c1-6-29-23(26)21-20(17-8-7-10-24(17)3)14(2)25-11-9-15-12-18(27-4)19(28-5)13-16(15)22(21)25/h7-8,10,12-13H,6,9,11H2,1-5H3. The second-order valence-corrected chi connectivity index (χ2v) is 7.17. The molecule has 1 aliphatic rings. The highest BCUT2D eigenvalue weighted by Gasteiger charge is 2.32. The minimum Gasteiger partial charge on any atom is -0.493 e. The van der Waals surface area contributed by atoms with E-state index in [2.05, 4.69) is 11.5 Å². The maximum atomic E-state index is 13.1. The van der Waals surface area contributed by atoms with Crippen molar-refractivity contribution in [3.05, 3.63) is 47.3 Å². The van der Waals surface area contributed by atoms with Gasteiger partial charge in [0, 0.05) is 36.6 Å². The lowest BCUT2D eigenvalue weighted by molar-refractivity contribution is 0.0528. The zero-order valence-corrected chi connectivity index (χ0v) is 17.5. The van der Waals surface area contributed by atoms with Crippen LogP contribution >= 0.6 is 0 Å². The van der Waals surface area contributed by atoms with E-state index in [1.54, 1.807) is 14.2 Å². The van der Waals surface area contributed by atoms with Gasteiger partial charge in [-0.2, -0.15) is 0 Å². The number of rotatable bonds is 5. The van der Waals surface area contributed by atoms with Gasteiger partial charge in [0.2, 0.25) is 0 Å². The smallest absolute Gasteiger partial charge is 0.341 e. The van der Waals surface area contributed by atoms with E-state index in [1.807, 2.05) is 49.0 Å². The summed E-state index contributed by atoms with van der Waals surface area (Å²) in [6, 6.07) is 8.00. The fourth-order valence-corrected chi connectivity index (χ4v) is 4.31. The van der Waals surface area contributed by atoms with E-state index in [4.69, 9.17) is 14.2 Å². The lowest BCUT2D eigenvalue weighted by Gasteiger charge is -2.23. The number of benzene rings is 1. The van der Waals surface area contributed by atoms with Gasteiger partial charge in [-0.05, 0) is 50.1 Å². The van der Waals surface area contributed by atoms with Crippen molar-refractivity contribution in [2.75, 3.05) is 20.8 Å². The molecule has 0 saturated carbocycles. The van der Waals surface area contributed by atoms with Gasteiger partial charge in [0.15, 0.2) is 11.5 Å². The van der Waals surface area contributed by atoms with E-state index >= 15 is 0 Å². The molecule has 0 N–H and O–H groups in total. The second-order valence-electron chi connectivity index (χ2n) is 7.17. The van der Waals surface area contributed by atoms with Gasteiger partial charge in [0.05, 0.1) is 37.8 Å². The highest BCUT2D eigenvalue weighted by Crippen LogP contribution is 2.45. The summed E-state index contributed by atoms with van der Waals surface area (Å²) in [4.78, 5) is 13.1. The van der Waals surface area contributed by atoms with Gasteiger partial charge in [0.25, 0.3) is 0 Å². The van der Waals surface area contributed by atoms with Crippen LogP contribution in [0.15, 0.2) is 30.5 Å². The van der Waals surface area contributed by atoms with Crippen LogP contribution in [-0.2, 0) is 24.8 Å². The quantitative estimate of drug-likeness (QED) is 0.608. The Hall–Kier alpha value is -3.15. The summed E-state index contributed by atoms with van der Waals surface area (Å²) in [6.45, 7) is 5.02. The van der Waals surface area contributed by atoms with Gasteiger partial charge in [-0.3, -0.25) is 0 Å². The Kier molecular flexibility index (Phi) is 4.86. The summed E-state index contributed by atoms with van der Waals surface area (Å²) in [5.41, 5.74) is 6.60. The normalized spacial score (nSPS) is 12.3. The summed E-state index contributed by atoms with van der Waals surface area (Å²) >= 11 is 0. The maximum Gasteiger partial charge on any atom is 0.341 e. The van der Waals surface area contributed by atoms with E-state index in [9.17, 15) is 4.79 Å². The number of hydrogen-bond acceptors (Lipinski definition) is 4. The Labute approximate surface area is 170 Å². The zero-order chi connectivity index (χ0) is 20.7. The predicted molar refractivity (Wildman–Crippen MR) is 112 cm³/mol. The fourth-order valence-electron chi connectivity index (χ4n) is 4.31. The first-order valence-electron chi connectivity index (χ1n) is 9.78. The Balaban J connectivity index is 2.05. The Bertz CT molecular complexity index is 1090. The van der Waals surface area contributed by atoms with Crippen molar-refractivity contribution in [1.29, 1.82) is 0 Å². The van der Waals surface area contributed by atoms with Crippen molar-refractivity contribution in [2.24, 2.45) is 7.05 Å².